The minimum absolute atomic E-state index is 0.0241. The molecule has 0 aromatic carbocycles. The molecule has 1 heterocycles. The van der Waals surface area contributed by atoms with Gasteiger partial charge in [-0.15, -0.1) is 11.3 Å². The van der Waals surface area contributed by atoms with Crippen molar-refractivity contribution in [1.29, 1.82) is 0 Å². The SMILES string of the molecule is CNC(c1ccc(C)s1)C1(OC)CCCC(C)C1. The third kappa shape index (κ3) is 2.63. The van der Waals surface area contributed by atoms with Crippen molar-refractivity contribution in [2.45, 2.75) is 51.2 Å². The lowest BCUT2D eigenvalue weighted by Gasteiger charge is -2.44. The van der Waals surface area contributed by atoms with Crippen molar-refractivity contribution in [2.24, 2.45) is 5.92 Å². The Morgan fingerprint density at radius 2 is 2.28 bits per heavy atom. The molecular weight excluding hydrogens is 242 g/mol. The van der Waals surface area contributed by atoms with Crippen LogP contribution in [0, 0.1) is 12.8 Å². The van der Waals surface area contributed by atoms with Crippen molar-refractivity contribution < 1.29 is 4.74 Å². The van der Waals surface area contributed by atoms with Gasteiger partial charge in [-0.1, -0.05) is 19.8 Å². The van der Waals surface area contributed by atoms with E-state index in [9.17, 15) is 0 Å². The van der Waals surface area contributed by atoms with Gasteiger partial charge in [0.1, 0.15) is 0 Å². The third-order valence-corrected chi connectivity index (χ3v) is 5.32. The largest absolute Gasteiger partial charge is 0.376 e. The second-order valence-corrected chi connectivity index (χ2v) is 6.96. The summed E-state index contributed by atoms with van der Waals surface area (Å²) in [5.74, 6) is 0.760. The van der Waals surface area contributed by atoms with E-state index in [4.69, 9.17) is 4.74 Å². The van der Waals surface area contributed by atoms with E-state index in [1.807, 2.05) is 18.4 Å². The second kappa shape index (κ2) is 5.72. The maximum atomic E-state index is 6.01. The van der Waals surface area contributed by atoms with Crippen molar-refractivity contribution in [3.8, 4) is 0 Å². The average molecular weight is 267 g/mol. The van der Waals surface area contributed by atoms with Crippen LogP contribution >= 0.6 is 11.3 Å². The molecule has 3 unspecified atom stereocenters. The van der Waals surface area contributed by atoms with Crippen LogP contribution in [0.4, 0.5) is 0 Å². The summed E-state index contributed by atoms with van der Waals surface area (Å²) in [5.41, 5.74) is -0.0241. The Hall–Kier alpha value is -0.380. The zero-order valence-electron chi connectivity index (χ0n) is 12.0. The zero-order valence-corrected chi connectivity index (χ0v) is 12.8. The number of likely N-dealkylation sites (N-methyl/N-ethyl adjacent to an activating group) is 1. The van der Waals surface area contributed by atoms with E-state index in [-0.39, 0.29) is 5.60 Å². The molecule has 0 aliphatic heterocycles. The number of ether oxygens (including phenoxy) is 1. The Labute approximate surface area is 115 Å². The average Bonchev–Trinajstić information content (AvgIpc) is 2.76. The van der Waals surface area contributed by atoms with Crippen molar-refractivity contribution in [1.82, 2.24) is 5.32 Å². The van der Waals surface area contributed by atoms with Crippen LogP contribution in [0.3, 0.4) is 0 Å². The lowest BCUT2D eigenvalue weighted by Crippen LogP contribution is -2.47. The van der Waals surface area contributed by atoms with Crippen molar-refractivity contribution >= 4 is 11.3 Å². The quantitative estimate of drug-likeness (QED) is 0.893. The van der Waals surface area contributed by atoms with Gasteiger partial charge in [-0.2, -0.15) is 0 Å². The monoisotopic (exact) mass is 267 g/mol. The lowest BCUT2D eigenvalue weighted by atomic mass is 9.74. The predicted molar refractivity (Wildman–Crippen MR) is 78.2 cm³/mol. The van der Waals surface area contributed by atoms with E-state index in [0.29, 0.717) is 6.04 Å². The maximum Gasteiger partial charge on any atom is 0.0882 e. The molecular formula is C15H25NOS. The molecule has 1 aromatic rings. The summed E-state index contributed by atoms with van der Waals surface area (Å²) in [6.45, 7) is 4.52. The minimum Gasteiger partial charge on any atom is -0.376 e. The molecule has 18 heavy (non-hydrogen) atoms. The Balaban J connectivity index is 2.28. The molecule has 1 fully saturated rings. The van der Waals surface area contributed by atoms with Crippen LogP contribution < -0.4 is 5.32 Å². The van der Waals surface area contributed by atoms with Gasteiger partial charge in [0.25, 0.3) is 0 Å². The van der Waals surface area contributed by atoms with Gasteiger partial charge in [-0.25, -0.2) is 0 Å². The molecule has 0 amide bonds. The summed E-state index contributed by atoms with van der Waals surface area (Å²) in [6.07, 6.45) is 4.94. The summed E-state index contributed by atoms with van der Waals surface area (Å²) < 4.78 is 6.01. The molecule has 0 radical (unpaired) electrons. The zero-order chi connectivity index (χ0) is 13.2. The molecule has 2 nitrogen and oxygen atoms in total. The highest BCUT2D eigenvalue weighted by molar-refractivity contribution is 7.12. The molecule has 1 aromatic heterocycles. The van der Waals surface area contributed by atoms with Crippen LogP contribution in [0.25, 0.3) is 0 Å². The summed E-state index contributed by atoms with van der Waals surface area (Å²) in [7, 11) is 3.93. The first-order valence-corrected chi connectivity index (χ1v) is 7.71. The van der Waals surface area contributed by atoms with E-state index in [2.05, 4.69) is 38.3 Å². The van der Waals surface area contributed by atoms with Crippen LogP contribution in [0.5, 0.6) is 0 Å². The topological polar surface area (TPSA) is 21.3 Å². The smallest absolute Gasteiger partial charge is 0.0882 e. The van der Waals surface area contributed by atoms with Crippen LogP contribution in [0.2, 0.25) is 0 Å². The minimum atomic E-state index is -0.0241. The predicted octanol–water partition coefficient (Wildman–Crippen LogP) is 3.91. The first-order valence-electron chi connectivity index (χ1n) is 6.90. The van der Waals surface area contributed by atoms with Gasteiger partial charge in [0.05, 0.1) is 11.6 Å². The highest BCUT2D eigenvalue weighted by Gasteiger charge is 2.42. The molecule has 0 spiro atoms. The van der Waals surface area contributed by atoms with E-state index >= 15 is 0 Å². The van der Waals surface area contributed by atoms with Crippen LogP contribution in [-0.4, -0.2) is 19.8 Å². The van der Waals surface area contributed by atoms with Crippen molar-refractivity contribution in [3.05, 3.63) is 21.9 Å². The lowest BCUT2D eigenvalue weighted by molar-refractivity contribution is -0.0782. The Bertz CT molecular complexity index is 390. The molecule has 0 bridgehead atoms. The number of rotatable bonds is 4. The van der Waals surface area contributed by atoms with Crippen molar-refractivity contribution in [3.63, 3.8) is 0 Å². The fourth-order valence-corrected chi connectivity index (χ4v) is 4.48. The summed E-state index contributed by atoms with van der Waals surface area (Å²) in [4.78, 5) is 2.78. The highest BCUT2D eigenvalue weighted by atomic mass is 32.1. The van der Waals surface area contributed by atoms with Crippen molar-refractivity contribution in [2.75, 3.05) is 14.2 Å². The van der Waals surface area contributed by atoms with E-state index in [0.717, 1.165) is 18.8 Å². The number of nitrogens with one attached hydrogen (secondary N) is 1. The summed E-state index contributed by atoms with van der Waals surface area (Å²) in [5, 5.41) is 3.50. The van der Waals surface area contributed by atoms with E-state index in [1.54, 1.807) is 0 Å². The maximum absolute atomic E-state index is 6.01. The van der Waals surface area contributed by atoms with Gasteiger partial charge in [0.15, 0.2) is 0 Å². The van der Waals surface area contributed by atoms with Gasteiger partial charge >= 0.3 is 0 Å². The molecule has 102 valence electrons. The molecule has 2 rings (SSSR count). The van der Waals surface area contributed by atoms with Gasteiger partial charge in [-0.3, -0.25) is 0 Å². The molecule has 3 heteroatoms. The summed E-state index contributed by atoms with van der Waals surface area (Å²) >= 11 is 1.89. The number of hydrogen-bond acceptors (Lipinski definition) is 3. The molecule has 1 N–H and O–H groups in total. The number of thiophene rings is 1. The first kappa shape index (κ1) is 14.0. The fourth-order valence-electron chi connectivity index (χ4n) is 3.38. The molecule has 3 atom stereocenters. The Morgan fingerprint density at radius 1 is 1.50 bits per heavy atom. The van der Waals surface area contributed by atoms with E-state index in [1.165, 1.54) is 22.6 Å². The van der Waals surface area contributed by atoms with Crippen LogP contribution in [0.15, 0.2) is 12.1 Å². The highest BCUT2D eigenvalue weighted by Crippen LogP contribution is 2.44. The molecule has 1 saturated carbocycles. The number of methoxy groups -OCH3 is 1. The van der Waals surface area contributed by atoms with Crippen LogP contribution in [-0.2, 0) is 4.74 Å². The van der Waals surface area contributed by atoms with Crippen LogP contribution in [0.1, 0.15) is 48.4 Å². The van der Waals surface area contributed by atoms with E-state index < -0.39 is 0 Å². The summed E-state index contributed by atoms with van der Waals surface area (Å²) in [6, 6.07) is 4.78. The Kier molecular flexibility index (Phi) is 4.46. The molecule has 1 aliphatic rings. The molecule has 1 aliphatic carbocycles. The molecule has 0 saturated heterocycles. The second-order valence-electron chi connectivity index (χ2n) is 5.64. The third-order valence-electron chi connectivity index (χ3n) is 4.26. The fraction of sp³-hybridized carbons (Fsp3) is 0.733. The number of aryl methyl sites for hydroxylation is 1. The van der Waals surface area contributed by atoms with Gasteiger partial charge < -0.3 is 10.1 Å². The normalized spacial score (nSPS) is 30.3. The van der Waals surface area contributed by atoms with Gasteiger partial charge in [-0.05, 0) is 44.9 Å². The Morgan fingerprint density at radius 3 is 2.78 bits per heavy atom. The number of hydrogen-bond donors (Lipinski definition) is 1. The first-order chi connectivity index (χ1) is 8.61. The van der Waals surface area contributed by atoms with Gasteiger partial charge in [0, 0.05) is 16.9 Å². The van der Waals surface area contributed by atoms with Gasteiger partial charge in [0.2, 0.25) is 0 Å². The standard InChI is InChI=1S/C15H25NOS/c1-11-6-5-9-15(10-11,17-4)14(16-3)13-8-7-12(2)18-13/h7-8,11,14,16H,5-6,9-10H2,1-4H3.